The Morgan fingerprint density at radius 1 is 1.13 bits per heavy atom. The van der Waals surface area contributed by atoms with E-state index in [1.165, 1.54) is 0 Å². The summed E-state index contributed by atoms with van der Waals surface area (Å²) in [6.07, 6.45) is 1.60. The van der Waals surface area contributed by atoms with E-state index in [1.807, 2.05) is 44.2 Å². The standard InChI is InChI=1S/C21H32N6O3S/c1-17(2)25-31(28,29)16-19-6-4-18(5-7-19)14-23-21(22-3)27-11-9-26(10-12-27)15-20-8-13-30-24-20/h4-8,13,17,25H,9-12,14-16H2,1-3H3,(H,22,23). The topological polar surface area (TPSA) is 103 Å². The predicted octanol–water partition coefficient (Wildman–Crippen LogP) is 1.40. The molecular weight excluding hydrogens is 416 g/mol. The van der Waals surface area contributed by atoms with Crippen molar-refractivity contribution < 1.29 is 12.9 Å². The van der Waals surface area contributed by atoms with E-state index in [4.69, 9.17) is 4.52 Å². The zero-order valence-corrected chi connectivity index (χ0v) is 19.2. The first-order valence-electron chi connectivity index (χ1n) is 10.5. The van der Waals surface area contributed by atoms with Gasteiger partial charge in [-0.25, -0.2) is 13.1 Å². The molecule has 1 saturated heterocycles. The number of hydrogen-bond acceptors (Lipinski definition) is 6. The van der Waals surface area contributed by atoms with Crippen LogP contribution in [0.3, 0.4) is 0 Å². The van der Waals surface area contributed by atoms with Crippen molar-refractivity contribution in [1.29, 1.82) is 0 Å². The smallest absolute Gasteiger partial charge is 0.216 e. The van der Waals surface area contributed by atoms with E-state index >= 15 is 0 Å². The minimum absolute atomic E-state index is 0.0147. The molecule has 9 nitrogen and oxygen atoms in total. The number of nitrogens with zero attached hydrogens (tertiary/aromatic N) is 4. The third-order valence-corrected chi connectivity index (χ3v) is 6.55. The largest absolute Gasteiger partial charge is 0.364 e. The number of benzene rings is 1. The molecule has 0 radical (unpaired) electrons. The molecule has 0 bridgehead atoms. The van der Waals surface area contributed by atoms with Crippen molar-refractivity contribution in [3.63, 3.8) is 0 Å². The predicted molar refractivity (Wildman–Crippen MR) is 121 cm³/mol. The summed E-state index contributed by atoms with van der Waals surface area (Å²) in [4.78, 5) is 9.02. The van der Waals surface area contributed by atoms with Crippen LogP contribution in [0.2, 0.25) is 0 Å². The Morgan fingerprint density at radius 2 is 1.81 bits per heavy atom. The third-order valence-electron chi connectivity index (χ3n) is 5.01. The van der Waals surface area contributed by atoms with Crippen LogP contribution in [0, 0.1) is 0 Å². The van der Waals surface area contributed by atoms with Crippen LogP contribution >= 0.6 is 0 Å². The lowest BCUT2D eigenvalue weighted by molar-refractivity contribution is 0.169. The summed E-state index contributed by atoms with van der Waals surface area (Å²) in [5, 5.41) is 7.39. The molecule has 3 rings (SSSR count). The van der Waals surface area contributed by atoms with E-state index in [0.29, 0.717) is 6.54 Å². The first kappa shape index (κ1) is 23.2. The molecule has 2 heterocycles. The lowest BCUT2D eigenvalue weighted by Crippen LogP contribution is -2.52. The molecular formula is C21H32N6O3S. The fraction of sp³-hybridized carbons (Fsp3) is 0.524. The summed E-state index contributed by atoms with van der Waals surface area (Å²) in [6.45, 7) is 8.69. The Bertz CT molecular complexity index is 934. The quantitative estimate of drug-likeness (QED) is 0.465. The number of hydrogen-bond donors (Lipinski definition) is 2. The molecule has 0 aliphatic carbocycles. The van der Waals surface area contributed by atoms with Gasteiger partial charge in [-0.3, -0.25) is 9.89 Å². The maximum Gasteiger partial charge on any atom is 0.216 e. The second-order valence-electron chi connectivity index (χ2n) is 8.00. The van der Waals surface area contributed by atoms with Crippen molar-refractivity contribution >= 4 is 16.0 Å². The average molecular weight is 449 g/mol. The summed E-state index contributed by atoms with van der Waals surface area (Å²) in [6, 6.07) is 9.43. The van der Waals surface area contributed by atoms with Gasteiger partial charge in [0.05, 0.1) is 11.4 Å². The molecule has 2 N–H and O–H groups in total. The zero-order chi connectivity index (χ0) is 22.3. The fourth-order valence-corrected chi connectivity index (χ4v) is 4.99. The highest BCUT2D eigenvalue weighted by molar-refractivity contribution is 7.88. The number of piperazine rings is 1. The van der Waals surface area contributed by atoms with E-state index < -0.39 is 10.0 Å². The fourth-order valence-electron chi connectivity index (χ4n) is 3.55. The number of rotatable bonds is 8. The first-order valence-corrected chi connectivity index (χ1v) is 12.1. The monoisotopic (exact) mass is 448 g/mol. The first-order chi connectivity index (χ1) is 14.8. The molecule has 0 amide bonds. The molecule has 1 fully saturated rings. The molecule has 2 aromatic rings. The van der Waals surface area contributed by atoms with Gasteiger partial charge < -0.3 is 14.7 Å². The van der Waals surface area contributed by atoms with Crippen LogP contribution in [0.25, 0.3) is 0 Å². The van der Waals surface area contributed by atoms with Crippen LogP contribution in [0.15, 0.2) is 46.1 Å². The molecule has 170 valence electrons. The maximum atomic E-state index is 12.1. The second-order valence-corrected chi connectivity index (χ2v) is 9.76. The third kappa shape index (κ3) is 7.34. The van der Waals surface area contributed by atoms with Crippen molar-refractivity contribution in [3.8, 4) is 0 Å². The molecule has 0 saturated carbocycles. The normalized spacial score (nSPS) is 16.1. The molecule has 0 atom stereocenters. The zero-order valence-electron chi connectivity index (χ0n) is 18.4. The van der Waals surface area contributed by atoms with Crippen LogP contribution in [0.5, 0.6) is 0 Å². The van der Waals surface area contributed by atoms with E-state index in [2.05, 4.69) is 30.0 Å². The number of nitrogens with one attached hydrogen (secondary N) is 2. The maximum absolute atomic E-state index is 12.1. The summed E-state index contributed by atoms with van der Waals surface area (Å²) >= 11 is 0. The van der Waals surface area contributed by atoms with Gasteiger partial charge >= 0.3 is 0 Å². The summed E-state index contributed by atoms with van der Waals surface area (Å²) in [5.41, 5.74) is 2.79. The minimum atomic E-state index is -3.32. The molecule has 31 heavy (non-hydrogen) atoms. The average Bonchev–Trinajstić information content (AvgIpc) is 3.22. The van der Waals surface area contributed by atoms with Crippen LogP contribution in [0.4, 0.5) is 0 Å². The lowest BCUT2D eigenvalue weighted by Gasteiger charge is -2.36. The van der Waals surface area contributed by atoms with Gasteiger partial charge in [0.25, 0.3) is 0 Å². The number of aliphatic imine (C=N–C) groups is 1. The van der Waals surface area contributed by atoms with Crippen molar-refractivity contribution in [2.24, 2.45) is 4.99 Å². The van der Waals surface area contributed by atoms with Crippen LogP contribution in [0.1, 0.15) is 30.7 Å². The van der Waals surface area contributed by atoms with Gasteiger partial charge in [-0.15, -0.1) is 0 Å². The van der Waals surface area contributed by atoms with Gasteiger partial charge in [0.1, 0.15) is 6.26 Å². The second kappa shape index (κ2) is 10.7. The molecule has 1 aromatic heterocycles. The highest BCUT2D eigenvalue weighted by Gasteiger charge is 2.20. The summed E-state index contributed by atoms with van der Waals surface area (Å²) < 4.78 is 31.7. The molecule has 1 aliphatic rings. The van der Waals surface area contributed by atoms with Crippen molar-refractivity contribution in [3.05, 3.63) is 53.4 Å². The van der Waals surface area contributed by atoms with Crippen LogP contribution < -0.4 is 10.0 Å². The van der Waals surface area contributed by atoms with Gasteiger partial charge in [0.15, 0.2) is 5.96 Å². The Balaban J connectivity index is 1.46. The number of sulfonamides is 1. The highest BCUT2D eigenvalue weighted by Crippen LogP contribution is 2.10. The Hall–Kier alpha value is -2.43. The van der Waals surface area contributed by atoms with Crippen molar-refractivity contribution in [2.75, 3.05) is 33.2 Å². The van der Waals surface area contributed by atoms with E-state index in [9.17, 15) is 8.42 Å². The highest BCUT2D eigenvalue weighted by atomic mass is 32.2. The molecule has 10 heteroatoms. The molecule has 0 spiro atoms. The number of aromatic nitrogens is 1. The lowest BCUT2D eigenvalue weighted by atomic mass is 10.1. The van der Waals surface area contributed by atoms with E-state index in [-0.39, 0.29) is 11.8 Å². The molecule has 0 unspecified atom stereocenters. The minimum Gasteiger partial charge on any atom is -0.364 e. The van der Waals surface area contributed by atoms with Crippen molar-refractivity contribution in [1.82, 2.24) is 25.0 Å². The van der Waals surface area contributed by atoms with Gasteiger partial charge in [-0.05, 0) is 25.0 Å². The van der Waals surface area contributed by atoms with Gasteiger partial charge in [0.2, 0.25) is 10.0 Å². The summed E-state index contributed by atoms with van der Waals surface area (Å²) in [5.74, 6) is 0.855. The van der Waals surface area contributed by atoms with Crippen molar-refractivity contribution in [2.45, 2.75) is 38.7 Å². The van der Waals surface area contributed by atoms with Gasteiger partial charge in [0, 0.05) is 58.4 Å². The Labute approximate surface area is 184 Å². The molecule has 1 aliphatic heterocycles. The Kier molecular flexibility index (Phi) is 8.05. The van der Waals surface area contributed by atoms with Gasteiger partial charge in [-0.1, -0.05) is 29.4 Å². The number of guanidine groups is 1. The van der Waals surface area contributed by atoms with Crippen LogP contribution in [-0.2, 0) is 28.9 Å². The Morgan fingerprint density at radius 3 is 2.39 bits per heavy atom. The molecule has 1 aromatic carbocycles. The summed E-state index contributed by atoms with van der Waals surface area (Å²) in [7, 11) is -1.53. The van der Waals surface area contributed by atoms with E-state index in [0.717, 1.165) is 55.5 Å². The van der Waals surface area contributed by atoms with E-state index in [1.54, 1.807) is 13.3 Å². The van der Waals surface area contributed by atoms with Gasteiger partial charge in [-0.2, -0.15) is 0 Å². The van der Waals surface area contributed by atoms with Crippen LogP contribution in [-0.4, -0.2) is 68.6 Å². The SMILES string of the molecule is CN=C(NCc1ccc(CS(=O)(=O)NC(C)C)cc1)N1CCN(Cc2ccon2)CC1.